The second kappa shape index (κ2) is 11.3. The number of carbonyl (C=O) groups excluding carboxylic acids is 1. The lowest BCUT2D eigenvalue weighted by Gasteiger charge is -2.10. The summed E-state index contributed by atoms with van der Waals surface area (Å²) in [5, 5.41) is 12.5. The van der Waals surface area contributed by atoms with E-state index in [9.17, 15) is 9.90 Å². The average molecular weight is 412 g/mol. The summed E-state index contributed by atoms with van der Waals surface area (Å²) in [5.74, 6) is 1.03. The van der Waals surface area contributed by atoms with Crippen LogP contribution in [0.5, 0.6) is 5.75 Å². The van der Waals surface area contributed by atoms with Crippen LogP contribution in [-0.2, 0) is 17.6 Å². The molecular formula is C26H25N3O2. The second-order valence-corrected chi connectivity index (χ2v) is 6.87. The van der Waals surface area contributed by atoms with E-state index in [-0.39, 0.29) is 5.75 Å². The lowest BCUT2D eigenvalue weighted by molar-refractivity contribution is -0.107. The second-order valence-electron chi connectivity index (χ2n) is 6.87. The van der Waals surface area contributed by atoms with E-state index in [2.05, 4.69) is 22.4 Å². The Morgan fingerprint density at radius 3 is 2.06 bits per heavy atom. The van der Waals surface area contributed by atoms with E-state index >= 15 is 0 Å². The summed E-state index contributed by atoms with van der Waals surface area (Å²) in [6, 6.07) is 26.9. The number of aromatic hydroxyl groups is 1. The monoisotopic (exact) mass is 411 g/mol. The van der Waals surface area contributed by atoms with Gasteiger partial charge in [0.2, 0.25) is 0 Å². The molecule has 5 heteroatoms. The first kappa shape index (κ1) is 21.7. The summed E-state index contributed by atoms with van der Waals surface area (Å²) < 4.78 is 0. The van der Waals surface area contributed by atoms with Gasteiger partial charge in [-0.25, -0.2) is 9.97 Å². The van der Waals surface area contributed by atoms with Crippen molar-refractivity contribution in [3.05, 3.63) is 108 Å². The van der Waals surface area contributed by atoms with Gasteiger partial charge in [-0.15, -0.1) is 0 Å². The Morgan fingerprint density at radius 2 is 1.48 bits per heavy atom. The zero-order valence-electron chi connectivity index (χ0n) is 17.4. The highest BCUT2D eigenvalue weighted by Crippen LogP contribution is 2.23. The van der Waals surface area contributed by atoms with Crippen molar-refractivity contribution >= 4 is 12.1 Å². The van der Waals surface area contributed by atoms with Crippen molar-refractivity contribution in [2.45, 2.75) is 12.8 Å². The van der Waals surface area contributed by atoms with Crippen LogP contribution in [0.25, 0.3) is 11.3 Å². The third kappa shape index (κ3) is 6.51. The molecular weight excluding hydrogens is 386 g/mol. The first-order valence-electron chi connectivity index (χ1n) is 10.0. The molecule has 0 atom stereocenters. The molecule has 0 aliphatic rings. The first-order valence-corrected chi connectivity index (χ1v) is 10.0. The van der Waals surface area contributed by atoms with E-state index in [4.69, 9.17) is 4.98 Å². The molecule has 0 saturated carbocycles. The van der Waals surface area contributed by atoms with Crippen molar-refractivity contribution in [1.82, 2.24) is 9.97 Å². The van der Waals surface area contributed by atoms with E-state index in [0.717, 1.165) is 41.0 Å². The number of hydrogen-bond donors (Lipinski definition) is 2. The van der Waals surface area contributed by atoms with Crippen LogP contribution in [-0.4, -0.2) is 28.4 Å². The van der Waals surface area contributed by atoms with E-state index in [1.54, 1.807) is 18.3 Å². The molecule has 0 spiro atoms. The number of anilines is 1. The van der Waals surface area contributed by atoms with Gasteiger partial charge >= 0.3 is 0 Å². The van der Waals surface area contributed by atoms with Crippen LogP contribution in [0.4, 0.5) is 5.82 Å². The Labute approximate surface area is 182 Å². The Bertz CT molecular complexity index is 1080. The van der Waals surface area contributed by atoms with Gasteiger partial charge in [0.25, 0.3) is 0 Å². The fourth-order valence-corrected chi connectivity index (χ4v) is 3.03. The number of phenols is 1. The highest BCUT2D eigenvalue weighted by atomic mass is 16.3. The van der Waals surface area contributed by atoms with Gasteiger partial charge in [-0.05, 0) is 35.4 Å². The van der Waals surface area contributed by atoms with Gasteiger partial charge in [-0.2, -0.15) is 0 Å². The molecule has 0 amide bonds. The molecule has 0 aliphatic carbocycles. The van der Waals surface area contributed by atoms with Crippen LogP contribution in [0.3, 0.4) is 0 Å². The Balaban J connectivity index is 0.000000254. The predicted octanol–water partition coefficient (Wildman–Crippen LogP) is 4.91. The summed E-state index contributed by atoms with van der Waals surface area (Å²) in [6.45, 7) is 0. The maximum Gasteiger partial charge on any atom is 0.147 e. The van der Waals surface area contributed by atoms with Crippen LogP contribution in [0.2, 0.25) is 0 Å². The first-order chi connectivity index (χ1) is 15.2. The van der Waals surface area contributed by atoms with Crippen molar-refractivity contribution in [2.24, 2.45) is 0 Å². The van der Waals surface area contributed by atoms with Crippen LogP contribution in [0.1, 0.15) is 16.8 Å². The van der Waals surface area contributed by atoms with Gasteiger partial charge < -0.3 is 15.2 Å². The minimum absolute atomic E-state index is 0.244. The largest absolute Gasteiger partial charge is 0.508 e. The quantitative estimate of drug-likeness (QED) is 0.441. The van der Waals surface area contributed by atoms with Gasteiger partial charge in [0.15, 0.2) is 0 Å². The number of nitrogens with zero attached hydrogens (tertiary/aromatic N) is 2. The van der Waals surface area contributed by atoms with Gasteiger partial charge in [-0.3, -0.25) is 0 Å². The summed E-state index contributed by atoms with van der Waals surface area (Å²) in [4.78, 5) is 19.2. The molecule has 1 heterocycles. The minimum Gasteiger partial charge on any atom is -0.508 e. The van der Waals surface area contributed by atoms with E-state index in [0.29, 0.717) is 6.42 Å². The van der Waals surface area contributed by atoms with Crippen molar-refractivity contribution in [1.29, 1.82) is 0 Å². The van der Waals surface area contributed by atoms with Gasteiger partial charge in [0, 0.05) is 25.5 Å². The number of aromatic nitrogens is 2. The van der Waals surface area contributed by atoms with Crippen LogP contribution in [0, 0.1) is 0 Å². The predicted molar refractivity (Wildman–Crippen MR) is 124 cm³/mol. The summed E-state index contributed by atoms with van der Waals surface area (Å²) in [6.07, 6.45) is 3.90. The lowest BCUT2D eigenvalue weighted by Crippen LogP contribution is -2.03. The van der Waals surface area contributed by atoms with Gasteiger partial charge in [-0.1, -0.05) is 60.7 Å². The van der Waals surface area contributed by atoms with Gasteiger partial charge in [0.1, 0.15) is 17.9 Å². The molecule has 4 rings (SSSR count). The van der Waals surface area contributed by atoms with Crippen molar-refractivity contribution in [3.8, 4) is 17.0 Å². The Morgan fingerprint density at radius 1 is 0.871 bits per heavy atom. The van der Waals surface area contributed by atoms with E-state index < -0.39 is 0 Å². The minimum atomic E-state index is 0.244. The molecule has 4 aromatic rings. The van der Waals surface area contributed by atoms with Crippen LogP contribution < -0.4 is 5.32 Å². The molecule has 2 N–H and O–H groups in total. The third-order valence-corrected chi connectivity index (χ3v) is 4.62. The fraction of sp³-hybridized carbons (Fsp3) is 0.115. The molecule has 5 nitrogen and oxygen atoms in total. The number of carbonyl (C=O) groups is 1. The summed E-state index contributed by atoms with van der Waals surface area (Å²) in [7, 11) is 1.85. The standard InChI is InChI=1S/C18H17N3O.C8H8O/c1-19-18-16(11-13-5-3-2-4-6-13)21-17(12-20-18)14-7-9-15(22)10-8-14;9-7-6-8-4-2-1-3-5-8/h2-10,12,22H,11H2,1H3,(H,19,20);1-5,7H,6H2. The fourth-order valence-electron chi connectivity index (χ4n) is 3.03. The SMILES string of the molecule is CNc1ncc(-c2ccc(O)cc2)nc1Cc1ccccc1.O=CCc1ccccc1. The molecule has 3 aromatic carbocycles. The number of nitrogens with one attached hydrogen (secondary N) is 1. The lowest BCUT2D eigenvalue weighted by atomic mass is 10.1. The molecule has 0 bridgehead atoms. The van der Waals surface area contributed by atoms with E-state index in [1.807, 2.05) is 67.7 Å². The highest BCUT2D eigenvalue weighted by molar-refractivity contribution is 5.61. The zero-order valence-corrected chi connectivity index (χ0v) is 17.4. The maximum atomic E-state index is 9.97. The molecule has 31 heavy (non-hydrogen) atoms. The third-order valence-electron chi connectivity index (χ3n) is 4.62. The van der Waals surface area contributed by atoms with E-state index in [1.165, 1.54) is 5.56 Å². The summed E-state index contributed by atoms with van der Waals surface area (Å²) in [5.41, 5.74) is 4.90. The summed E-state index contributed by atoms with van der Waals surface area (Å²) >= 11 is 0. The Kier molecular flexibility index (Phi) is 7.89. The number of benzene rings is 3. The van der Waals surface area contributed by atoms with Crippen LogP contribution in [0.15, 0.2) is 91.1 Å². The molecule has 0 saturated heterocycles. The zero-order chi connectivity index (χ0) is 21.9. The van der Waals surface area contributed by atoms with Gasteiger partial charge in [0.05, 0.1) is 17.6 Å². The molecule has 1 aromatic heterocycles. The number of rotatable bonds is 6. The number of aldehydes is 1. The molecule has 0 radical (unpaired) electrons. The molecule has 0 fully saturated rings. The van der Waals surface area contributed by atoms with Crippen molar-refractivity contribution in [2.75, 3.05) is 12.4 Å². The maximum absolute atomic E-state index is 9.97. The average Bonchev–Trinajstić information content (AvgIpc) is 2.82. The van der Waals surface area contributed by atoms with Crippen LogP contribution >= 0.6 is 0 Å². The topological polar surface area (TPSA) is 75.1 Å². The molecule has 156 valence electrons. The normalized spacial score (nSPS) is 9.97. The Hall–Kier alpha value is -3.99. The van der Waals surface area contributed by atoms with Crippen molar-refractivity contribution < 1.29 is 9.90 Å². The highest BCUT2D eigenvalue weighted by Gasteiger charge is 2.09. The number of hydrogen-bond acceptors (Lipinski definition) is 5. The molecule has 0 aliphatic heterocycles. The van der Waals surface area contributed by atoms with Crippen molar-refractivity contribution in [3.63, 3.8) is 0 Å². The molecule has 0 unspecified atom stereocenters. The number of phenolic OH excluding ortho intramolecular Hbond substituents is 1. The smallest absolute Gasteiger partial charge is 0.147 e.